The minimum Gasteiger partial charge on any atom is -0.454 e. The Hall–Kier alpha value is -2.70. The normalized spacial score (nSPS) is 15.2. The van der Waals surface area contributed by atoms with Crippen LogP contribution in [0.3, 0.4) is 0 Å². The van der Waals surface area contributed by atoms with E-state index < -0.39 is 24.5 Å². The van der Waals surface area contributed by atoms with Crippen molar-refractivity contribution >= 4 is 29.3 Å². The molecule has 1 atom stereocenters. The van der Waals surface area contributed by atoms with Crippen molar-refractivity contribution in [2.24, 2.45) is 5.92 Å². The summed E-state index contributed by atoms with van der Waals surface area (Å²) in [6.07, 6.45) is 3.71. The lowest BCUT2D eigenvalue weighted by Crippen LogP contribution is -2.46. The van der Waals surface area contributed by atoms with Gasteiger partial charge in [0.15, 0.2) is 12.4 Å². The molecule has 2 amide bonds. The number of ketones is 1. The van der Waals surface area contributed by atoms with Crippen molar-refractivity contribution in [1.29, 1.82) is 0 Å². The van der Waals surface area contributed by atoms with Crippen LogP contribution in [0.4, 0.5) is 5.69 Å². The van der Waals surface area contributed by atoms with Crippen LogP contribution in [0.5, 0.6) is 0 Å². The van der Waals surface area contributed by atoms with Crippen LogP contribution in [0.1, 0.15) is 49.9 Å². The summed E-state index contributed by atoms with van der Waals surface area (Å²) in [4.78, 5) is 47.3. The van der Waals surface area contributed by atoms with Gasteiger partial charge in [0.1, 0.15) is 6.04 Å². The van der Waals surface area contributed by atoms with Gasteiger partial charge in [0.2, 0.25) is 5.91 Å². The molecule has 1 unspecified atom stereocenters. The molecule has 1 aromatic carbocycles. The SMILES string of the molecule is CC(=O)NC(C(=O)OCC(=O)Nc1ccccc1C(C)=O)C1CCCC1. The number of amides is 2. The van der Waals surface area contributed by atoms with Crippen LogP contribution in [0.25, 0.3) is 0 Å². The van der Waals surface area contributed by atoms with Gasteiger partial charge in [-0.3, -0.25) is 14.4 Å². The number of rotatable bonds is 7. The Morgan fingerprint density at radius 3 is 2.38 bits per heavy atom. The number of benzene rings is 1. The Morgan fingerprint density at radius 1 is 1.12 bits per heavy atom. The Balaban J connectivity index is 1.93. The number of carbonyl (C=O) groups is 4. The number of ether oxygens (including phenoxy) is 1. The summed E-state index contributed by atoms with van der Waals surface area (Å²) in [5.74, 6) is -1.60. The number of para-hydroxylation sites is 1. The molecule has 0 radical (unpaired) electrons. The van der Waals surface area contributed by atoms with Gasteiger partial charge < -0.3 is 15.4 Å². The third-order valence-corrected chi connectivity index (χ3v) is 4.41. The smallest absolute Gasteiger partial charge is 0.329 e. The van der Waals surface area contributed by atoms with Gasteiger partial charge in [-0.25, -0.2) is 4.79 Å². The minimum absolute atomic E-state index is 0.0351. The zero-order chi connectivity index (χ0) is 19.1. The lowest BCUT2D eigenvalue weighted by molar-refractivity contribution is -0.152. The fourth-order valence-corrected chi connectivity index (χ4v) is 3.19. The standard InChI is InChI=1S/C19H24N2O5/c1-12(22)15-9-5-6-10-16(15)21-17(24)11-26-19(25)18(20-13(2)23)14-7-3-4-8-14/h5-6,9-10,14,18H,3-4,7-8,11H2,1-2H3,(H,20,23)(H,21,24). The first-order chi connectivity index (χ1) is 12.4. The van der Waals surface area contributed by atoms with Crippen molar-refractivity contribution in [2.45, 2.75) is 45.6 Å². The number of anilines is 1. The monoisotopic (exact) mass is 360 g/mol. The second kappa shape index (κ2) is 9.12. The van der Waals surface area contributed by atoms with Gasteiger partial charge in [0.25, 0.3) is 5.91 Å². The molecule has 2 rings (SSSR count). The summed E-state index contributed by atoms with van der Waals surface area (Å²) in [5.41, 5.74) is 0.754. The number of hydrogen-bond acceptors (Lipinski definition) is 5. The Kier molecular flexibility index (Phi) is 6.89. The molecule has 7 heteroatoms. The number of esters is 1. The maximum Gasteiger partial charge on any atom is 0.329 e. The molecule has 0 saturated heterocycles. The van der Waals surface area contributed by atoms with E-state index in [2.05, 4.69) is 10.6 Å². The first-order valence-electron chi connectivity index (χ1n) is 8.72. The molecular weight excluding hydrogens is 336 g/mol. The van der Waals surface area contributed by atoms with Crippen LogP contribution in [0.2, 0.25) is 0 Å². The van der Waals surface area contributed by atoms with Gasteiger partial charge in [-0.2, -0.15) is 0 Å². The topological polar surface area (TPSA) is 102 Å². The van der Waals surface area contributed by atoms with E-state index in [1.54, 1.807) is 24.3 Å². The molecule has 7 nitrogen and oxygen atoms in total. The second-order valence-corrected chi connectivity index (χ2v) is 6.48. The van der Waals surface area contributed by atoms with Crippen molar-refractivity contribution in [3.8, 4) is 0 Å². The van der Waals surface area contributed by atoms with E-state index in [1.807, 2.05) is 0 Å². The number of carbonyl (C=O) groups excluding carboxylic acids is 4. The fourth-order valence-electron chi connectivity index (χ4n) is 3.19. The Labute approximate surface area is 152 Å². The third-order valence-electron chi connectivity index (χ3n) is 4.41. The van der Waals surface area contributed by atoms with E-state index in [4.69, 9.17) is 4.74 Å². The van der Waals surface area contributed by atoms with E-state index >= 15 is 0 Å². The van der Waals surface area contributed by atoms with E-state index in [-0.39, 0.29) is 17.6 Å². The van der Waals surface area contributed by atoms with Crippen LogP contribution >= 0.6 is 0 Å². The van der Waals surface area contributed by atoms with Crippen molar-refractivity contribution in [1.82, 2.24) is 5.32 Å². The number of Topliss-reactive ketones (excluding diaryl/α,β-unsaturated/α-hetero) is 1. The minimum atomic E-state index is -0.729. The molecule has 1 aliphatic rings. The highest BCUT2D eigenvalue weighted by Crippen LogP contribution is 2.28. The van der Waals surface area contributed by atoms with Gasteiger partial charge in [-0.1, -0.05) is 25.0 Å². The number of nitrogens with one attached hydrogen (secondary N) is 2. The van der Waals surface area contributed by atoms with Gasteiger partial charge in [0, 0.05) is 12.5 Å². The molecule has 0 bridgehead atoms. The van der Waals surface area contributed by atoms with Crippen molar-refractivity contribution in [2.75, 3.05) is 11.9 Å². The highest BCUT2D eigenvalue weighted by atomic mass is 16.5. The average Bonchev–Trinajstić information content (AvgIpc) is 3.12. The van der Waals surface area contributed by atoms with E-state index in [0.29, 0.717) is 11.3 Å². The van der Waals surface area contributed by atoms with E-state index in [1.165, 1.54) is 13.8 Å². The van der Waals surface area contributed by atoms with Crippen molar-refractivity contribution in [3.05, 3.63) is 29.8 Å². The first-order valence-corrected chi connectivity index (χ1v) is 8.72. The Bertz CT molecular complexity index is 695. The van der Waals surface area contributed by atoms with Crippen LogP contribution < -0.4 is 10.6 Å². The largest absolute Gasteiger partial charge is 0.454 e. The molecule has 0 aromatic heterocycles. The lowest BCUT2D eigenvalue weighted by Gasteiger charge is -2.22. The molecule has 1 fully saturated rings. The summed E-state index contributed by atoms with van der Waals surface area (Å²) >= 11 is 0. The zero-order valence-electron chi connectivity index (χ0n) is 15.0. The molecule has 0 aliphatic heterocycles. The lowest BCUT2D eigenvalue weighted by atomic mass is 9.98. The third kappa shape index (κ3) is 5.40. The van der Waals surface area contributed by atoms with Crippen LogP contribution in [-0.4, -0.2) is 36.2 Å². The van der Waals surface area contributed by atoms with E-state index in [0.717, 1.165) is 25.7 Å². The first kappa shape index (κ1) is 19.6. The molecule has 0 spiro atoms. The second-order valence-electron chi connectivity index (χ2n) is 6.48. The predicted molar refractivity (Wildman–Crippen MR) is 95.6 cm³/mol. The van der Waals surface area contributed by atoms with Crippen molar-refractivity contribution in [3.63, 3.8) is 0 Å². The van der Waals surface area contributed by atoms with Gasteiger partial charge in [-0.15, -0.1) is 0 Å². The van der Waals surface area contributed by atoms with Crippen molar-refractivity contribution < 1.29 is 23.9 Å². The van der Waals surface area contributed by atoms with Crippen LogP contribution in [0, 0.1) is 5.92 Å². The summed E-state index contributed by atoms with van der Waals surface area (Å²) in [6.45, 7) is 2.28. The molecule has 1 aromatic rings. The molecule has 1 saturated carbocycles. The van der Waals surface area contributed by atoms with Gasteiger partial charge >= 0.3 is 5.97 Å². The average molecular weight is 360 g/mol. The zero-order valence-corrected chi connectivity index (χ0v) is 15.0. The summed E-state index contributed by atoms with van der Waals surface area (Å²) in [5, 5.41) is 5.20. The molecular formula is C19H24N2O5. The number of hydrogen-bond donors (Lipinski definition) is 2. The highest BCUT2D eigenvalue weighted by Gasteiger charge is 2.32. The molecule has 1 aliphatic carbocycles. The Morgan fingerprint density at radius 2 is 1.77 bits per heavy atom. The molecule has 2 N–H and O–H groups in total. The quantitative estimate of drug-likeness (QED) is 0.572. The summed E-state index contributed by atoms with van der Waals surface area (Å²) < 4.78 is 5.10. The molecule has 0 heterocycles. The van der Waals surface area contributed by atoms with Crippen LogP contribution in [-0.2, 0) is 19.1 Å². The van der Waals surface area contributed by atoms with Crippen LogP contribution in [0.15, 0.2) is 24.3 Å². The highest BCUT2D eigenvalue weighted by molar-refractivity contribution is 6.04. The fraction of sp³-hybridized carbons (Fsp3) is 0.474. The summed E-state index contributed by atoms with van der Waals surface area (Å²) in [6, 6.07) is 5.88. The van der Waals surface area contributed by atoms with Gasteiger partial charge in [0.05, 0.1) is 5.69 Å². The maximum absolute atomic E-state index is 12.3. The molecule has 26 heavy (non-hydrogen) atoms. The predicted octanol–water partition coefficient (Wildman–Crippen LogP) is 2.07. The van der Waals surface area contributed by atoms with Gasteiger partial charge in [-0.05, 0) is 37.8 Å². The maximum atomic E-state index is 12.3. The summed E-state index contributed by atoms with van der Waals surface area (Å²) in [7, 11) is 0. The van der Waals surface area contributed by atoms with E-state index in [9.17, 15) is 19.2 Å². The molecule has 140 valence electrons.